The first-order chi connectivity index (χ1) is 2.89. The minimum Gasteiger partial charge on any atom is -0.233 e. The fraction of sp³-hybridized carbons (Fsp3) is 0.250. The Labute approximate surface area is 36.6 Å². The molecule has 0 spiro atoms. The first-order valence-corrected chi connectivity index (χ1v) is 1.99. The Kier molecular flexibility index (Phi) is 0.725. The Morgan fingerprint density at radius 3 is 2.83 bits per heavy atom. The number of rotatable bonds is 0. The zero-order valence-electron chi connectivity index (χ0n) is 3.73. The van der Waals surface area contributed by atoms with E-state index in [0.29, 0.717) is 0 Å². The molecule has 0 fully saturated rings. The molecule has 1 rings (SSSR count). The number of nitrogens with one attached hydrogen (secondary N) is 1. The van der Waals surface area contributed by atoms with Crippen LogP contribution in [0, 0.1) is 0 Å². The fourth-order valence-electron chi connectivity index (χ4n) is 0.420. The molecule has 0 amide bonds. The van der Waals surface area contributed by atoms with E-state index in [1.54, 1.807) is 0 Å². The molecular formula is C4H8N2+2. The molecule has 2 heteroatoms. The van der Waals surface area contributed by atoms with Crippen LogP contribution in [0.1, 0.15) is 6.92 Å². The van der Waals surface area contributed by atoms with Crippen LogP contribution < -0.4 is 10.3 Å². The third-order valence-corrected chi connectivity index (χ3v) is 0.753. The number of nitrogens with two attached hydrogens (primary N) is 1. The zero-order chi connectivity index (χ0) is 4.41. The number of hydrogen-bond acceptors (Lipinski definition) is 0. The number of quaternary nitrogens is 1. The lowest BCUT2D eigenvalue weighted by Gasteiger charge is -1.58. The van der Waals surface area contributed by atoms with Gasteiger partial charge < -0.3 is 0 Å². The molecule has 0 saturated heterocycles. The van der Waals surface area contributed by atoms with Crippen LogP contribution in [0.3, 0.4) is 0 Å². The highest BCUT2D eigenvalue weighted by atomic mass is 15.0. The van der Waals surface area contributed by atoms with Crippen LogP contribution in [0.2, 0.25) is 0 Å². The van der Waals surface area contributed by atoms with Crippen molar-refractivity contribution in [2.75, 3.05) is 0 Å². The maximum Gasteiger partial charge on any atom is 0.332 e. The van der Waals surface area contributed by atoms with Crippen LogP contribution in [0.4, 0.5) is 0 Å². The van der Waals surface area contributed by atoms with E-state index in [1.807, 2.05) is 24.8 Å². The number of hydrogen-bond donors (Lipinski definition) is 2. The standard InChI is InChI=1S/C4H6N2/c1-4-2-5-3-6-4/h2-3H,1H3,(H,5,6)/p+2. The van der Waals surface area contributed by atoms with E-state index in [2.05, 4.69) is 4.99 Å². The summed E-state index contributed by atoms with van der Waals surface area (Å²) in [6.07, 6.45) is 3.94. The van der Waals surface area contributed by atoms with E-state index >= 15 is 0 Å². The van der Waals surface area contributed by atoms with Crippen LogP contribution in [-0.4, -0.2) is 6.34 Å². The van der Waals surface area contributed by atoms with Crippen LogP contribution in [0.25, 0.3) is 0 Å². The molecule has 1 heterocycles. The van der Waals surface area contributed by atoms with Crippen molar-refractivity contribution in [1.29, 1.82) is 0 Å². The highest BCUT2D eigenvalue weighted by molar-refractivity contribution is 5.35. The van der Waals surface area contributed by atoms with Gasteiger partial charge >= 0.3 is 6.34 Å². The van der Waals surface area contributed by atoms with Crippen molar-refractivity contribution >= 4 is 6.34 Å². The van der Waals surface area contributed by atoms with E-state index in [4.69, 9.17) is 0 Å². The summed E-state index contributed by atoms with van der Waals surface area (Å²) in [5.41, 5.74) is 1.22. The van der Waals surface area contributed by atoms with Gasteiger partial charge in [-0.25, -0.2) is 5.32 Å². The Balaban J connectivity index is 2.68. The van der Waals surface area contributed by atoms with Crippen molar-refractivity contribution in [2.45, 2.75) is 6.92 Å². The van der Waals surface area contributed by atoms with Crippen LogP contribution in [0.5, 0.6) is 0 Å². The third-order valence-electron chi connectivity index (χ3n) is 0.753. The lowest BCUT2D eigenvalue weighted by molar-refractivity contribution is -0.492. The summed E-state index contributed by atoms with van der Waals surface area (Å²) in [4.78, 5) is 3.00. The van der Waals surface area contributed by atoms with E-state index in [9.17, 15) is 0 Å². The molecule has 0 atom stereocenters. The molecule has 1 aliphatic rings. The molecule has 1 aliphatic heterocycles. The van der Waals surface area contributed by atoms with Gasteiger partial charge in [-0.2, -0.15) is 4.99 Å². The molecule has 6 heavy (non-hydrogen) atoms. The topological polar surface area (TPSA) is 30.6 Å². The van der Waals surface area contributed by atoms with Crippen molar-refractivity contribution in [3.8, 4) is 0 Å². The molecule has 0 radical (unpaired) electrons. The third kappa shape index (κ3) is 0.466. The Morgan fingerprint density at radius 1 is 1.83 bits per heavy atom. The first kappa shape index (κ1) is 3.56. The van der Waals surface area contributed by atoms with Gasteiger partial charge in [-0.1, -0.05) is 0 Å². The van der Waals surface area contributed by atoms with E-state index < -0.39 is 0 Å². The minimum absolute atomic E-state index is 1.22. The predicted molar refractivity (Wildman–Crippen MR) is 22.7 cm³/mol. The lowest BCUT2D eigenvalue weighted by Crippen LogP contribution is -2.82. The maximum atomic E-state index is 3.00. The molecule has 32 valence electrons. The molecule has 3 N–H and O–H groups in total. The highest BCUT2D eigenvalue weighted by Gasteiger charge is 1.98. The van der Waals surface area contributed by atoms with Gasteiger partial charge in [0, 0.05) is 6.92 Å². The van der Waals surface area contributed by atoms with Gasteiger partial charge in [-0.05, 0) is 0 Å². The van der Waals surface area contributed by atoms with E-state index in [0.717, 1.165) is 0 Å². The van der Waals surface area contributed by atoms with E-state index in [1.165, 1.54) is 5.70 Å². The molecule has 0 aromatic rings. The normalized spacial score (nSPS) is 18.5. The van der Waals surface area contributed by atoms with Gasteiger partial charge in [-0.3, -0.25) is 0 Å². The van der Waals surface area contributed by atoms with E-state index in [-0.39, 0.29) is 0 Å². The van der Waals surface area contributed by atoms with Gasteiger partial charge in [0.15, 0.2) is 6.20 Å². The van der Waals surface area contributed by atoms with Crippen molar-refractivity contribution in [3.63, 3.8) is 0 Å². The second kappa shape index (κ2) is 1.22. The second-order valence-electron chi connectivity index (χ2n) is 1.35. The summed E-state index contributed by atoms with van der Waals surface area (Å²) in [6, 6.07) is 0. The summed E-state index contributed by atoms with van der Waals surface area (Å²) in [7, 11) is 0. The van der Waals surface area contributed by atoms with Crippen molar-refractivity contribution in [1.82, 2.24) is 0 Å². The van der Waals surface area contributed by atoms with Gasteiger partial charge in [0.2, 0.25) is 5.70 Å². The minimum atomic E-state index is 1.22. The van der Waals surface area contributed by atoms with Crippen LogP contribution in [0.15, 0.2) is 11.9 Å². The zero-order valence-corrected chi connectivity index (χ0v) is 3.73. The van der Waals surface area contributed by atoms with Gasteiger partial charge in [0.25, 0.3) is 0 Å². The average molecular weight is 84.1 g/mol. The summed E-state index contributed by atoms with van der Waals surface area (Å²) in [5.74, 6) is 0. The van der Waals surface area contributed by atoms with Gasteiger partial charge in [0.05, 0.1) is 0 Å². The summed E-state index contributed by atoms with van der Waals surface area (Å²) in [6.45, 7) is 2.03. The fourth-order valence-corrected chi connectivity index (χ4v) is 0.420. The quantitative estimate of drug-likeness (QED) is 0.326. The van der Waals surface area contributed by atoms with Crippen LogP contribution in [-0.2, 0) is 0 Å². The molecule has 0 bridgehead atoms. The molecule has 0 aromatic carbocycles. The lowest BCUT2D eigenvalue weighted by atomic mass is 10.6. The van der Waals surface area contributed by atoms with Crippen LogP contribution >= 0.6 is 0 Å². The molecule has 2 nitrogen and oxygen atoms in total. The predicted octanol–water partition coefficient (Wildman–Crippen LogP) is -2.47. The first-order valence-electron chi connectivity index (χ1n) is 1.99. The van der Waals surface area contributed by atoms with Gasteiger partial charge in [0.1, 0.15) is 0 Å². The molecule has 0 unspecified atom stereocenters. The smallest absolute Gasteiger partial charge is 0.233 e. The largest absolute Gasteiger partial charge is 0.332 e. The Bertz CT molecular complexity index is 99.4. The molecule has 0 saturated carbocycles. The maximum absolute atomic E-state index is 3.00. The highest BCUT2D eigenvalue weighted by Crippen LogP contribution is 1.63. The molecule has 0 aromatic heterocycles. The Hall–Kier alpha value is -0.630. The SMILES string of the molecule is CC1=C[NH2+]C=[NH+]1. The average Bonchev–Trinajstić information content (AvgIpc) is 1.86. The summed E-state index contributed by atoms with van der Waals surface area (Å²) in [5, 5.41) is 1.98. The number of allylic oxidation sites excluding steroid dienone is 1. The molecule has 0 aliphatic carbocycles. The van der Waals surface area contributed by atoms with Crippen molar-refractivity contribution in [3.05, 3.63) is 11.9 Å². The Morgan fingerprint density at radius 2 is 2.67 bits per heavy atom. The van der Waals surface area contributed by atoms with Gasteiger partial charge in [-0.15, -0.1) is 0 Å². The molecular weight excluding hydrogens is 76.1 g/mol. The second-order valence-corrected chi connectivity index (χ2v) is 1.35. The summed E-state index contributed by atoms with van der Waals surface area (Å²) >= 11 is 0. The van der Waals surface area contributed by atoms with Crippen molar-refractivity contribution < 1.29 is 10.3 Å². The monoisotopic (exact) mass is 84.1 g/mol. The summed E-state index contributed by atoms with van der Waals surface area (Å²) < 4.78 is 0. The van der Waals surface area contributed by atoms with Crippen molar-refractivity contribution in [2.24, 2.45) is 0 Å².